The van der Waals surface area contributed by atoms with Crippen LogP contribution in [0.2, 0.25) is 0 Å². The van der Waals surface area contributed by atoms with Gasteiger partial charge in [-0.2, -0.15) is 0 Å². The summed E-state index contributed by atoms with van der Waals surface area (Å²) >= 11 is 3.48. The molecular weight excluding hydrogens is 498 g/mol. The smallest absolute Gasteiger partial charge is 0.266 e. The molecule has 7 nitrogen and oxygen atoms in total. The Kier molecular flexibility index (Phi) is 8.03. The van der Waals surface area contributed by atoms with E-state index in [1.807, 2.05) is 53.5 Å². The molecule has 0 bridgehead atoms. The number of benzene rings is 2. The van der Waals surface area contributed by atoms with Gasteiger partial charge in [-0.3, -0.25) is 10.2 Å². The highest BCUT2D eigenvalue weighted by Gasteiger charge is 2.53. The molecular formula is C26H30BrN3O4. The fourth-order valence-corrected chi connectivity index (χ4v) is 4.51. The third kappa shape index (κ3) is 5.35. The molecule has 2 aromatic rings. The SMILES string of the molecule is C=CC[C@]1(C(=O)NN2CCCC2)N=C(c2ccc(OCCCO)cc2)O[C@H]1c1ccc(Br)cc1. The zero-order valence-corrected chi connectivity index (χ0v) is 20.7. The lowest BCUT2D eigenvalue weighted by Crippen LogP contribution is -2.53. The molecule has 0 saturated carbocycles. The van der Waals surface area contributed by atoms with Gasteiger partial charge < -0.3 is 14.6 Å². The average Bonchev–Trinajstić information content (AvgIpc) is 3.49. The summed E-state index contributed by atoms with van der Waals surface area (Å²) in [6.07, 6.45) is 4.15. The summed E-state index contributed by atoms with van der Waals surface area (Å²) in [5.41, 5.74) is 3.53. The number of rotatable bonds is 10. The third-order valence-corrected chi connectivity index (χ3v) is 6.55. The number of hydrogen-bond donors (Lipinski definition) is 2. The lowest BCUT2D eigenvalue weighted by Gasteiger charge is -2.31. The number of aliphatic hydroxyl groups excluding tert-OH is 1. The van der Waals surface area contributed by atoms with Crippen molar-refractivity contribution in [2.24, 2.45) is 4.99 Å². The topological polar surface area (TPSA) is 83.4 Å². The van der Waals surface area contributed by atoms with E-state index in [4.69, 9.17) is 19.6 Å². The van der Waals surface area contributed by atoms with Crippen molar-refractivity contribution in [3.63, 3.8) is 0 Å². The Morgan fingerprint density at radius 1 is 1.24 bits per heavy atom. The average molecular weight is 528 g/mol. The van der Waals surface area contributed by atoms with Gasteiger partial charge >= 0.3 is 0 Å². The number of halogens is 1. The minimum Gasteiger partial charge on any atom is -0.494 e. The summed E-state index contributed by atoms with van der Waals surface area (Å²) in [6.45, 7) is 6.10. The number of carbonyl (C=O) groups excluding carboxylic acids is 1. The molecule has 2 aromatic carbocycles. The molecule has 2 aliphatic rings. The van der Waals surface area contributed by atoms with Crippen molar-refractivity contribution in [1.29, 1.82) is 0 Å². The van der Waals surface area contributed by atoms with Crippen LogP contribution in [0.4, 0.5) is 0 Å². The van der Waals surface area contributed by atoms with E-state index in [2.05, 4.69) is 27.9 Å². The zero-order valence-electron chi connectivity index (χ0n) is 19.1. The molecule has 1 saturated heterocycles. The number of ether oxygens (including phenoxy) is 2. The maximum Gasteiger partial charge on any atom is 0.266 e. The van der Waals surface area contributed by atoms with Crippen LogP contribution in [0, 0.1) is 0 Å². The first-order valence-electron chi connectivity index (χ1n) is 11.6. The lowest BCUT2D eigenvalue weighted by molar-refractivity contribution is -0.133. The number of nitrogens with zero attached hydrogens (tertiary/aromatic N) is 2. The molecule has 2 aliphatic heterocycles. The van der Waals surface area contributed by atoms with Crippen LogP contribution in [0.3, 0.4) is 0 Å². The molecule has 2 N–H and O–H groups in total. The zero-order chi connectivity index (χ0) is 24.0. The second kappa shape index (κ2) is 11.2. The summed E-state index contributed by atoms with van der Waals surface area (Å²) in [5.74, 6) is 0.916. The number of aliphatic imine (C=N–C) groups is 1. The number of nitrogens with one attached hydrogen (secondary N) is 1. The summed E-state index contributed by atoms with van der Waals surface area (Å²) in [4.78, 5) is 18.6. The maximum absolute atomic E-state index is 13.7. The van der Waals surface area contributed by atoms with Crippen LogP contribution in [0.25, 0.3) is 0 Å². The van der Waals surface area contributed by atoms with E-state index in [1.165, 1.54) is 0 Å². The van der Waals surface area contributed by atoms with Crippen molar-refractivity contribution in [3.05, 3.63) is 76.8 Å². The first-order chi connectivity index (χ1) is 16.6. The van der Waals surface area contributed by atoms with Crippen LogP contribution in [0.15, 0.2) is 70.7 Å². The van der Waals surface area contributed by atoms with E-state index in [0.717, 1.165) is 41.5 Å². The van der Waals surface area contributed by atoms with Gasteiger partial charge in [0.05, 0.1) is 6.61 Å². The summed E-state index contributed by atoms with van der Waals surface area (Å²) in [7, 11) is 0. The van der Waals surface area contributed by atoms with Crippen LogP contribution < -0.4 is 10.2 Å². The van der Waals surface area contributed by atoms with E-state index >= 15 is 0 Å². The van der Waals surface area contributed by atoms with Crippen molar-refractivity contribution < 1.29 is 19.4 Å². The summed E-state index contributed by atoms with van der Waals surface area (Å²) < 4.78 is 13.0. The van der Waals surface area contributed by atoms with Crippen LogP contribution in [-0.4, -0.2) is 53.8 Å². The Hall–Kier alpha value is -2.68. The van der Waals surface area contributed by atoms with E-state index in [1.54, 1.807) is 6.08 Å². The van der Waals surface area contributed by atoms with Gasteiger partial charge in [0.25, 0.3) is 5.91 Å². The van der Waals surface area contributed by atoms with E-state index in [9.17, 15) is 4.79 Å². The van der Waals surface area contributed by atoms with Gasteiger partial charge in [0, 0.05) is 42.6 Å². The fourth-order valence-electron chi connectivity index (χ4n) is 4.24. The molecule has 2 heterocycles. The summed E-state index contributed by atoms with van der Waals surface area (Å²) in [5, 5.41) is 10.9. The van der Waals surface area contributed by atoms with E-state index in [0.29, 0.717) is 31.1 Å². The number of carbonyl (C=O) groups is 1. The molecule has 180 valence electrons. The Morgan fingerprint density at radius 3 is 2.59 bits per heavy atom. The molecule has 1 fully saturated rings. The highest BCUT2D eigenvalue weighted by atomic mass is 79.9. The van der Waals surface area contributed by atoms with Crippen molar-refractivity contribution in [1.82, 2.24) is 10.4 Å². The molecule has 34 heavy (non-hydrogen) atoms. The van der Waals surface area contributed by atoms with Gasteiger partial charge in [-0.25, -0.2) is 10.0 Å². The van der Waals surface area contributed by atoms with Crippen LogP contribution in [-0.2, 0) is 9.53 Å². The van der Waals surface area contributed by atoms with Crippen LogP contribution in [0.1, 0.15) is 42.9 Å². The molecule has 8 heteroatoms. The second-order valence-electron chi connectivity index (χ2n) is 8.47. The Labute approximate surface area is 208 Å². The second-order valence-corrected chi connectivity index (χ2v) is 9.38. The van der Waals surface area contributed by atoms with Crippen molar-refractivity contribution in [2.75, 3.05) is 26.3 Å². The quantitative estimate of drug-likeness (QED) is 0.358. The number of hydrogen-bond acceptors (Lipinski definition) is 6. The van der Waals surface area contributed by atoms with Crippen LogP contribution in [0.5, 0.6) is 5.75 Å². The molecule has 0 aromatic heterocycles. The Balaban J connectivity index is 1.66. The number of aliphatic hydroxyl groups is 1. The maximum atomic E-state index is 13.7. The first kappa shape index (κ1) is 24.4. The van der Waals surface area contributed by atoms with Gasteiger partial charge in [-0.1, -0.05) is 34.1 Å². The van der Waals surface area contributed by atoms with E-state index < -0.39 is 11.6 Å². The van der Waals surface area contributed by atoms with Crippen molar-refractivity contribution in [3.8, 4) is 5.75 Å². The largest absolute Gasteiger partial charge is 0.494 e. The summed E-state index contributed by atoms with van der Waals surface area (Å²) in [6, 6.07) is 15.2. The first-order valence-corrected chi connectivity index (χ1v) is 12.4. The van der Waals surface area contributed by atoms with Crippen LogP contribution >= 0.6 is 15.9 Å². The highest BCUT2D eigenvalue weighted by molar-refractivity contribution is 9.10. The normalized spacial score (nSPS) is 22.2. The van der Waals surface area contributed by atoms with Gasteiger partial charge in [0.2, 0.25) is 5.90 Å². The van der Waals surface area contributed by atoms with Gasteiger partial charge in [0.1, 0.15) is 5.75 Å². The van der Waals surface area contributed by atoms with Crippen molar-refractivity contribution >= 4 is 27.7 Å². The predicted molar refractivity (Wildman–Crippen MR) is 135 cm³/mol. The van der Waals surface area contributed by atoms with Gasteiger partial charge in [0.15, 0.2) is 11.6 Å². The molecule has 0 radical (unpaired) electrons. The standard InChI is InChI=1S/C26H30BrN3O4/c1-2-14-26(25(32)29-30-15-3-4-16-30)23(19-6-10-21(27)11-7-19)34-24(28-26)20-8-12-22(13-9-20)33-18-5-17-31/h2,6-13,23,31H,1,3-5,14-18H2,(H,29,32)/t23-,26-/m0/s1. The number of amides is 1. The molecule has 2 atom stereocenters. The molecule has 0 unspecified atom stereocenters. The lowest BCUT2D eigenvalue weighted by atomic mass is 9.84. The highest BCUT2D eigenvalue weighted by Crippen LogP contribution is 2.43. The molecule has 0 aliphatic carbocycles. The minimum absolute atomic E-state index is 0.0883. The fraction of sp³-hybridized carbons (Fsp3) is 0.385. The Bertz CT molecular complexity index is 1020. The Morgan fingerprint density at radius 2 is 1.94 bits per heavy atom. The third-order valence-electron chi connectivity index (χ3n) is 6.02. The molecule has 4 rings (SSSR count). The van der Waals surface area contributed by atoms with Gasteiger partial charge in [-0.15, -0.1) is 6.58 Å². The van der Waals surface area contributed by atoms with Crippen molar-refractivity contribution in [2.45, 2.75) is 37.3 Å². The van der Waals surface area contributed by atoms with Gasteiger partial charge in [-0.05, 0) is 54.8 Å². The predicted octanol–water partition coefficient (Wildman–Crippen LogP) is 4.17. The minimum atomic E-state index is -1.18. The monoisotopic (exact) mass is 527 g/mol. The molecule has 0 spiro atoms. The number of hydrazine groups is 1. The van der Waals surface area contributed by atoms with E-state index in [-0.39, 0.29) is 12.5 Å². The molecule has 1 amide bonds.